The van der Waals surface area contributed by atoms with Gasteiger partial charge in [0.1, 0.15) is 5.82 Å². The average Bonchev–Trinajstić information content (AvgIpc) is 2.61. The molecule has 1 saturated heterocycles. The summed E-state index contributed by atoms with van der Waals surface area (Å²) in [4.78, 5) is 4.53. The Labute approximate surface area is 102 Å². The van der Waals surface area contributed by atoms with Crippen LogP contribution in [-0.4, -0.2) is 12.3 Å². The fourth-order valence-electron chi connectivity index (χ4n) is 2.07. The van der Waals surface area contributed by atoms with E-state index in [2.05, 4.69) is 10.3 Å². The van der Waals surface area contributed by atoms with E-state index in [1.54, 1.807) is 13.0 Å². The number of nitrogens with one attached hydrogen (secondary N) is 1. The van der Waals surface area contributed by atoms with Gasteiger partial charge in [0.15, 0.2) is 6.10 Å². The van der Waals surface area contributed by atoms with Gasteiger partial charge < -0.3 is 0 Å². The lowest BCUT2D eigenvalue weighted by molar-refractivity contribution is -0.218. The highest BCUT2D eigenvalue weighted by Crippen LogP contribution is 2.39. The lowest BCUT2D eigenvalue weighted by Crippen LogP contribution is -2.33. The van der Waals surface area contributed by atoms with E-state index in [9.17, 15) is 17.6 Å². The van der Waals surface area contributed by atoms with Gasteiger partial charge in [-0.2, -0.15) is 18.7 Å². The second kappa shape index (κ2) is 4.20. The largest absolute Gasteiger partial charge is 0.416 e. The molecule has 0 bridgehead atoms. The van der Waals surface area contributed by atoms with E-state index in [1.807, 2.05) is 0 Å². The molecule has 0 amide bonds. The van der Waals surface area contributed by atoms with Crippen molar-refractivity contribution in [1.29, 1.82) is 0 Å². The van der Waals surface area contributed by atoms with Crippen LogP contribution in [0.1, 0.15) is 24.5 Å². The number of alkyl halides is 3. The van der Waals surface area contributed by atoms with Crippen LogP contribution in [0.4, 0.5) is 17.6 Å². The summed E-state index contributed by atoms with van der Waals surface area (Å²) in [6.07, 6.45) is -6.72. The smallest absolute Gasteiger partial charge is 0.288 e. The second-order valence-electron chi connectivity index (χ2n) is 4.77. The number of hydroxylamine groups is 1. The van der Waals surface area contributed by atoms with Gasteiger partial charge in [0.2, 0.25) is 0 Å². The number of hydrogen-bond donors (Lipinski definition) is 1. The molecule has 0 aromatic heterocycles. The van der Waals surface area contributed by atoms with Crippen molar-refractivity contribution < 1.29 is 22.4 Å². The molecule has 6 heteroatoms. The molecule has 1 aromatic rings. The predicted molar refractivity (Wildman–Crippen MR) is 57.2 cm³/mol. The molecule has 2 nitrogen and oxygen atoms in total. The highest BCUT2D eigenvalue weighted by Gasteiger charge is 2.51. The predicted octanol–water partition coefficient (Wildman–Crippen LogP) is 3.21. The van der Waals surface area contributed by atoms with Crippen molar-refractivity contribution in [1.82, 2.24) is 5.48 Å². The van der Waals surface area contributed by atoms with E-state index in [1.165, 1.54) is 19.1 Å². The van der Waals surface area contributed by atoms with Crippen LogP contribution >= 0.6 is 0 Å². The van der Waals surface area contributed by atoms with Crippen LogP contribution in [0.3, 0.4) is 0 Å². The molecule has 2 atom stereocenters. The molecule has 1 aliphatic rings. The first kappa shape index (κ1) is 13.3. The third-order valence-corrected chi connectivity index (χ3v) is 3.10. The number of benzene rings is 1. The topological polar surface area (TPSA) is 21.3 Å². The SMILES string of the molecule is Cc1ccc([C@@]2(C)C[C@H](C(F)(F)F)ON2)c(F)c1. The summed E-state index contributed by atoms with van der Waals surface area (Å²) < 4.78 is 51.4. The van der Waals surface area contributed by atoms with Crippen LogP contribution in [0.25, 0.3) is 0 Å². The summed E-state index contributed by atoms with van der Waals surface area (Å²) in [7, 11) is 0. The van der Waals surface area contributed by atoms with Crippen LogP contribution in [0.2, 0.25) is 0 Å². The molecule has 0 radical (unpaired) electrons. The van der Waals surface area contributed by atoms with E-state index in [0.29, 0.717) is 5.56 Å². The van der Waals surface area contributed by atoms with Gasteiger partial charge in [-0.25, -0.2) is 4.39 Å². The summed E-state index contributed by atoms with van der Waals surface area (Å²) in [6, 6.07) is 4.44. The van der Waals surface area contributed by atoms with E-state index < -0.39 is 23.6 Å². The highest BCUT2D eigenvalue weighted by molar-refractivity contribution is 5.30. The van der Waals surface area contributed by atoms with Gasteiger partial charge in [-0.3, -0.25) is 4.84 Å². The zero-order valence-electron chi connectivity index (χ0n) is 9.94. The van der Waals surface area contributed by atoms with Crippen molar-refractivity contribution in [3.05, 3.63) is 35.1 Å². The normalized spacial score (nSPS) is 28.7. The third-order valence-electron chi connectivity index (χ3n) is 3.10. The number of halogens is 4. The molecule has 2 rings (SSSR count). The van der Waals surface area contributed by atoms with Crippen LogP contribution in [0.5, 0.6) is 0 Å². The quantitative estimate of drug-likeness (QED) is 0.785. The van der Waals surface area contributed by atoms with Crippen molar-refractivity contribution in [3.63, 3.8) is 0 Å². The van der Waals surface area contributed by atoms with Crippen molar-refractivity contribution >= 4 is 0 Å². The van der Waals surface area contributed by atoms with Crippen molar-refractivity contribution in [2.75, 3.05) is 0 Å². The lowest BCUT2D eigenvalue weighted by Gasteiger charge is -2.23. The maximum Gasteiger partial charge on any atom is 0.416 e. The Morgan fingerprint density at radius 3 is 2.56 bits per heavy atom. The minimum Gasteiger partial charge on any atom is -0.288 e. The Kier molecular flexibility index (Phi) is 3.11. The zero-order chi connectivity index (χ0) is 13.6. The molecule has 100 valence electrons. The Hall–Kier alpha value is -1.14. The molecular weight excluding hydrogens is 250 g/mol. The first-order valence-electron chi connectivity index (χ1n) is 5.48. The van der Waals surface area contributed by atoms with Crippen LogP contribution in [0, 0.1) is 12.7 Å². The Bertz CT molecular complexity index is 460. The van der Waals surface area contributed by atoms with E-state index in [0.717, 1.165) is 0 Å². The Morgan fingerprint density at radius 1 is 1.39 bits per heavy atom. The monoisotopic (exact) mass is 263 g/mol. The second-order valence-corrected chi connectivity index (χ2v) is 4.77. The zero-order valence-corrected chi connectivity index (χ0v) is 9.94. The lowest BCUT2D eigenvalue weighted by atomic mass is 9.87. The number of hydrogen-bond acceptors (Lipinski definition) is 2. The molecular formula is C12H13F4NO. The molecule has 1 fully saturated rings. The Morgan fingerprint density at radius 2 is 2.06 bits per heavy atom. The average molecular weight is 263 g/mol. The maximum absolute atomic E-state index is 13.8. The van der Waals surface area contributed by atoms with Gasteiger partial charge in [0.25, 0.3) is 0 Å². The van der Waals surface area contributed by atoms with Gasteiger partial charge in [-0.15, -0.1) is 0 Å². The van der Waals surface area contributed by atoms with Crippen LogP contribution < -0.4 is 5.48 Å². The molecule has 0 aliphatic carbocycles. The standard InChI is InChI=1S/C12H13F4NO/c1-7-3-4-8(9(13)5-7)11(2)6-10(18-17-11)12(14,15)16/h3-5,10,17H,6H2,1-2H3/t10-,11-/m1/s1. The third kappa shape index (κ3) is 2.35. The molecule has 1 N–H and O–H groups in total. The number of aryl methyl sites for hydroxylation is 1. The maximum atomic E-state index is 13.8. The van der Waals surface area contributed by atoms with Gasteiger partial charge in [-0.05, 0) is 25.5 Å². The van der Waals surface area contributed by atoms with Crippen LogP contribution in [-0.2, 0) is 10.4 Å². The minimum atomic E-state index is -4.45. The first-order chi connectivity index (χ1) is 8.22. The van der Waals surface area contributed by atoms with Gasteiger partial charge >= 0.3 is 6.18 Å². The van der Waals surface area contributed by atoms with Crippen molar-refractivity contribution in [2.45, 2.75) is 38.1 Å². The minimum absolute atomic E-state index is 0.180. The van der Waals surface area contributed by atoms with Crippen molar-refractivity contribution in [2.24, 2.45) is 0 Å². The fraction of sp³-hybridized carbons (Fsp3) is 0.500. The molecule has 1 aliphatic heterocycles. The first-order valence-corrected chi connectivity index (χ1v) is 5.48. The van der Waals surface area contributed by atoms with Gasteiger partial charge in [-0.1, -0.05) is 12.1 Å². The number of rotatable bonds is 1. The highest BCUT2D eigenvalue weighted by atomic mass is 19.4. The van der Waals surface area contributed by atoms with E-state index in [4.69, 9.17) is 0 Å². The molecule has 0 unspecified atom stereocenters. The van der Waals surface area contributed by atoms with Gasteiger partial charge in [0, 0.05) is 12.0 Å². The summed E-state index contributed by atoms with van der Waals surface area (Å²) >= 11 is 0. The van der Waals surface area contributed by atoms with Crippen LogP contribution in [0.15, 0.2) is 18.2 Å². The Balaban J connectivity index is 2.28. The van der Waals surface area contributed by atoms with E-state index >= 15 is 0 Å². The summed E-state index contributed by atoms with van der Waals surface area (Å²) in [6.45, 7) is 3.21. The summed E-state index contributed by atoms with van der Waals surface area (Å²) in [5.41, 5.74) is 2.03. The molecule has 1 heterocycles. The van der Waals surface area contributed by atoms with E-state index in [-0.39, 0.29) is 12.0 Å². The molecule has 0 saturated carbocycles. The molecule has 0 spiro atoms. The van der Waals surface area contributed by atoms with Gasteiger partial charge in [0.05, 0.1) is 5.54 Å². The fourth-order valence-corrected chi connectivity index (χ4v) is 2.07. The summed E-state index contributed by atoms with van der Waals surface area (Å²) in [5.74, 6) is -0.531. The molecule has 1 aromatic carbocycles. The summed E-state index contributed by atoms with van der Waals surface area (Å²) in [5, 5.41) is 0. The molecule has 18 heavy (non-hydrogen) atoms. The van der Waals surface area contributed by atoms with Crippen molar-refractivity contribution in [3.8, 4) is 0 Å².